The average Bonchev–Trinajstić information content (AvgIpc) is 2.90. The van der Waals surface area contributed by atoms with Gasteiger partial charge in [0.2, 0.25) is 5.91 Å². The molecule has 1 atom stereocenters. The molecule has 1 unspecified atom stereocenters. The van der Waals surface area contributed by atoms with E-state index >= 15 is 0 Å². The summed E-state index contributed by atoms with van der Waals surface area (Å²) in [6.07, 6.45) is 0.400. The molecule has 1 heterocycles. The number of carbonyl (C=O) groups is 3. The van der Waals surface area contributed by atoms with Crippen LogP contribution in [-0.2, 0) is 15.1 Å². The highest BCUT2D eigenvalue weighted by molar-refractivity contribution is 6.10. The SMILES string of the molecule is CCC1(c2ccccc2)NC(=O)N(CC(=O)Nc2ccc(C)c(C)c2)C1=O. The Balaban J connectivity index is 1.77. The Hall–Kier alpha value is -3.15. The first-order chi connectivity index (χ1) is 12.9. The molecule has 0 aliphatic carbocycles. The third-order valence-corrected chi connectivity index (χ3v) is 5.07. The van der Waals surface area contributed by atoms with Gasteiger partial charge in [0.05, 0.1) is 0 Å². The van der Waals surface area contributed by atoms with Crippen LogP contribution < -0.4 is 10.6 Å². The quantitative estimate of drug-likeness (QED) is 0.799. The van der Waals surface area contributed by atoms with Crippen molar-refractivity contribution in [3.05, 3.63) is 65.2 Å². The zero-order valence-corrected chi connectivity index (χ0v) is 15.7. The molecule has 1 aliphatic rings. The minimum Gasteiger partial charge on any atom is -0.325 e. The predicted molar refractivity (Wildman–Crippen MR) is 103 cm³/mol. The summed E-state index contributed by atoms with van der Waals surface area (Å²) >= 11 is 0. The normalized spacial score (nSPS) is 19.1. The van der Waals surface area contributed by atoms with Crippen molar-refractivity contribution in [2.75, 3.05) is 11.9 Å². The summed E-state index contributed by atoms with van der Waals surface area (Å²) in [5.74, 6) is -0.821. The Morgan fingerprint density at radius 2 is 1.78 bits per heavy atom. The van der Waals surface area contributed by atoms with E-state index in [1.807, 2.05) is 51.1 Å². The first-order valence-electron chi connectivity index (χ1n) is 8.94. The van der Waals surface area contributed by atoms with E-state index in [2.05, 4.69) is 10.6 Å². The van der Waals surface area contributed by atoms with Gasteiger partial charge in [-0.05, 0) is 49.1 Å². The number of nitrogens with one attached hydrogen (secondary N) is 2. The highest BCUT2D eigenvalue weighted by Gasteiger charge is 2.51. The first-order valence-corrected chi connectivity index (χ1v) is 8.94. The van der Waals surface area contributed by atoms with Crippen molar-refractivity contribution in [2.45, 2.75) is 32.7 Å². The van der Waals surface area contributed by atoms with E-state index in [1.165, 1.54) is 0 Å². The number of nitrogens with zero attached hydrogens (tertiary/aromatic N) is 1. The number of benzene rings is 2. The number of hydrogen-bond acceptors (Lipinski definition) is 3. The van der Waals surface area contributed by atoms with Crippen LogP contribution >= 0.6 is 0 Å². The van der Waals surface area contributed by atoms with Crippen LogP contribution in [0.5, 0.6) is 0 Å². The zero-order chi connectivity index (χ0) is 19.6. The molecule has 1 fully saturated rings. The topological polar surface area (TPSA) is 78.5 Å². The van der Waals surface area contributed by atoms with Gasteiger partial charge >= 0.3 is 6.03 Å². The number of carbonyl (C=O) groups excluding carboxylic acids is 3. The smallest absolute Gasteiger partial charge is 0.325 e. The monoisotopic (exact) mass is 365 g/mol. The second kappa shape index (κ2) is 7.23. The summed E-state index contributed by atoms with van der Waals surface area (Å²) in [7, 11) is 0. The number of aryl methyl sites for hydroxylation is 2. The molecule has 1 saturated heterocycles. The fourth-order valence-corrected chi connectivity index (χ4v) is 3.30. The molecule has 6 nitrogen and oxygen atoms in total. The van der Waals surface area contributed by atoms with Crippen molar-refractivity contribution in [2.24, 2.45) is 0 Å². The summed E-state index contributed by atoms with van der Waals surface area (Å²) in [6, 6.07) is 14.1. The molecule has 1 aliphatic heterocycles. The Morgan fingerprint density at radius 1 is 1.07 bits per heavy atom. The van der Waals surface area contributed by atoms with Crippen LogP contribution in [0.2, 0.25) is 0 Å². The molecule has 0 radical (unpaired) electrons. The molecule has 2 N–H and O–H groups in total. The Bertz CT molecular complexity index is 895. The minimum absolute atomic E-state index is 0.327. The van der Waals surface area contributed by atoms with Gasteiger partial charge in [0.25, 0.3) is 5.91 Å². The summed E-state index contributed by atoms with van der Waals surface area (Å²) < 4.78 is 0. The average molecular weight is 365 g/mol. The lowest BCUT2D eigenvalue weighted by atomic mass is 9.87. The van der Waals surface area contributed by atoms with Crippen LogP contribution in [0, 0.1) is 13.8 Å². The number of hydrogen-bond donors (Lipinski definition) is 2. The fraction of sp³-hybridized carbons (Fsp3) is 0.286. The van der Waals surface area contributed by atoms with Crippen LogP contribution in [0.25, 0.3) is 0 Å². The molecule has 0 aromatic heterocycles. The highest BCUT2D eigenvalue weighted by Crippen LogP contribution is 2.32. The molecular weight excluding hydrogens is 342 g/mol. The van der Waals surface area contributed by atoms with E-state index in [9.17, 15) is 14.4 Å². The van der Waals surface area contributed by atoms with Crippen LogP contribution in [0.3, 0.4) is 0 Å². The maximum atomic E-state index is 13.0. The molecule has 0 spiro atoms. The molecular formula is C21H23N3O3. The van der Waals surface area contributed by atoms with Crippen molar-refractivity contribution in [3.8, 4) is 0 Å². The van der Waals surface area contributed by atoms with Gasteiger partial charge < -0.3 is 10.6 Å². The third kappa shape index (κ3) is 3.43. The van der Waals surface area contributed by atoms with E-state index < -0.39 is 23.4 Å². The number of anilines is 1. The van der Waals surface area contributed by atoms with E-state index in [0.29, 0.717) is 17.7 Å². The standard InChI is InChI=1S/C21H23N3O3/c1-4-21(16-8-6-5-7-9-16)19(26)24(20(27)23-21)13-18(25)22-17-11-10-14(2)15(3)12-17/h5-12H,4,13H2,1-3H3,(H,22,25)(H,23,27). The second-order valence-corrected chi connectivity index (χ2v) is 6.79. The molecule has 27 heavy (non-hydrogen) atoms. The van der Waals surface area contributed by atoms with E-state index in [-0.39, 0.29) is 6.54 Å². The molecule has 140 valence electrons. The van der Waals surface area contributed by atoms with Crippen molar-refractivity contribution < 1.29 is 14.4 Å². The Kier molecular flexibility index (Phi) is 4.99. The largest absolute Gasteiger partial charge is 0.325 e. The van der Waals surface area contributed by atoms with Gasteiger partial charge in [0, 0.05) is 5.69 Å². The molecule has 6 heteroatoms. The van der Waals surface area contributed by atoms with Gasteiger partial charge in [-0.2, -0.15) is 0 Å². The van der Waals surface area contributed by atoms with Gasteiger partial charge in [-0.1, -0.05) is 43.3 Å². The van der Waals surface area contributed by atoms with E-state index in [1.54, 1.807) is 18.2 Å². The Morgan fingerprint density at radius 3 is 2.41 bits per heavy atom. The lowest BCUT2D eigenvalue weighted by Crippen LogP contribution is -2.44. The van der Waals surface area contributed by atoms with Gasteiger partial charge in [0.15, 0.2) is 0 Å². The van der Waals surface area contributed by atoms with Crippen molar-refractivity contribution in [1.82, 2.24) is 10.2 Å². The van der Waals surface area contributed by atoms with Gasteiger partial charge in [-0.15, -0.1) is 0 Å². The van der Waals surface area contributed by atoms with Crippen molar-refractivity contribution in [3.63, 3.8) is 0 Å². The molecule has 2 aromatic rings. The lowest BCUT2D eigenvalue weighted by Gasteiger charge is -2.25. The predicted octanol–water partition coefficient (Wildman–Crippen LogP) is 3.10. The fourth-order valence-electron chi connectivity index (χ4n) is 3.30. The number of imide groups is 1. The first kappa shape index (κ1) is 18.6. The third-order valence-electron chi connectivity index (χ3n) is 5.07. The molecule has 0 saturated carbocycles. The number of rotatable bonds is 5. The molecule has 0 bridgehead atoms. The zero-order valence-electron chi connectivity index (χ0n) is 15.7. The van der Waals surface area contributed by atoms with Crippen LogP contribution in [0.15, 0.2) is 48.5 Å². The van der Waals surface area contributed by atoms with Gasteiger partial charge in [0.1, 0.15) is 12.1 Å². The highest BCUT2D eigenvalue weighted by atomic mass is 16.2. The summed E-state index contributed by atoms with van der Waals surface area (Å²) in [6.45, 7) is 5.45. The van der Waals surface area contributed by atoms with Crippen LogP contribution in [-0.4, -0.2) is 29.3 Å². The summed E-state index contributed by atoms with van der Waals surface area (Å²) in [5.41, 5.74) is 2.40. The summed E-state index contributed by atoms with van der Waals surface area (Å²) in [4.78, 5) is 38.8. The van der Waals surface area contributed by atoms with E-state index in [4.69, 9.17) is 0 Å². The van der Waals surface area contributed by atoms with E-state index in [0.717, 1.165) is 16.0 Å². The van der Waals surface area contributed by atoms with Gasteiger partial charge in [-0.25, -0.2) is 4.79 Å². The van der Waals surface area contributed by atoms with Crippen LogP contribution in [0.4, 0.5) is 10.5 Å². The molecule has 4 amide bonds. The van der Waals surface area contributed by atoms with Crippen molar-refractivity contribution >= 4 is 23.5 Å². The number of urea groups is 1. The second-order valence-electron chi connectivity index (χ2n) is 6.79. The maximum Gasteiger partial charge on any atom is 0.325 e. The van der Waals surface area contributed by atoms with Gasteiger partial charge in [-0.3, -0.25) is 14.5 Å². The summed E-state index contributed by atoms with van der Waals surface area (Å²) in [5, 5.41) is 5.53. The van der Waals surface area contributed by atoms with Crippen LogP contribution in [0.1, 0.15) is 30.0 Å². The molecule has 2 aromatic carbocycles. The minimum atomic E-state index is -1.13. The Labute approximate surface area is 158 Å². The lowest BCUT2D eigenvalue weighted by molar-refractivity contribution is -0.134. The van der Waals surface area contributed by atoms with Crippen molar-refractivity contribution in [1.29, 1.82) is 0 Å². The number of amides is 4. The maximum absolute atomic E-state index is 13.0. The molecule has 3 rings (SSSR count).